The van der Waals surface area contributed by atoms with Crippen LogP contribution in [0.2, 0.25) is 0 Å². The van der Waals surface area contributed by atoms with Crippen molar-refractivity contribution in [1.29, 1.82) is 0 Å². The van der Waals surface area contributed by atoms with Crippen molar-refractivity contribution in [3.63, 3.8) is 0 Å². The fourth-order valence-corrected chi connectivity index (χ4v) is 4.35. The van der Waals surface area contributed by atoms with Crippen LogP contribution < -0.4 is 15.5 Å². The summed E-state index contributed by atoms with van der Waals surface area (Å²) in [6.45, 7) is 3.10. The van der Waals surface area contributed by atoms with Gasteiger partial charge in [0.15, 0.2) is 0 Å². The molecule has 2 aliphatic rings. The van der Waals surface area contributed by atoms with E-state index in [1.807, 2.05) is 9.80 Å². The molecule has 0 bridgehead atoms. The van der Waals surface area contributed by atoms with E-state index in [-0.39, 0.29) is 17.3 Å². The summed E-state index contributed by atoms with van der Waals surface area (Å²) in [6.07, 6.45) is 6.37. The topological polar surface area (TPSA) is 108 Å². The molecule has 2 aromatic rings. The van der Waals surface area contributed by atoms with Gasteiger partial charge in [-0.2, -0.15) is 0 Å². The number of hydrogen-bond acceptors (Lipinski definition) is 5. The van der Waals surface area contributed by atoms with Crippen molar-refractivity contribution in [2.75, 3.05) is 41.7 Å². The highest BCUT2D eigenvalue weighted by Gasteiger charge is 2.24. The van der Waals surface area contributed by atoms with Crippen LogP contribution in [0.4, 0.5) is 27.5 Å². The van der Waals surface area contributed by atoms with Crippen LogP contribution in [0.3, 0.4) is 0 Å². The van der Waals surface area contributed by atoms with Crippen molar-refractivity contribution in [2.24, 2.45) is 0 Å². The number of amides is 3. The highest BCUT2D eigenvalue weighted by Crippen LogP contribution is 2.32. The smallest absolute Gasteiger partial charge is 0.321 e. The molecule has 0 aliphatic carbocycles. The van der Waals surface area contributed by atoms with Crippen LogP contribution in [0.1, 0.15) is 48.9 Å². The Kier molecular flexibility index (Phi) is 7.07. The minimum atomic E-state index is -0.438. The zero-order valence-corrected chi connectivity index (χ0v) is 18.6. The third-order valence-corrected chi connectivity index (χ3v) is 6.17. The number of nitrogens with zero attached hydrogens (tertiary/aromatic N) is 3. The monoisotopic (exact) mass is 451 g/mol. The lowest BCUT2D eigenvalue weighted by atomic mass is 10.1. The maximum Gasteiger partial charge on any atom is 0.321 e. The number of anilines is 3. The van der Waals surface area contributed by atoms with E-state index >= 15 is 0 Å². The second-order valence-corrected chi connectivity index (χ2v) is 8.52. The van der Waals surface area contributed by atoms with Gasteiger partial charge in [0.05, 0.1) is 4.92 Å². The van der Waals surface area contributed by atoms with Gasteiger partial charge in [0.2, 0.25) is 0 Å². The van der Waals surface area contributed by atoms with Crippen LogP contribution in [-0.4, -0.2) is 47.9 Å². The van der Waals surface area contributed by atoms with Gasteiger partial charge in [-0.05, 0) is 62.1 Å². The third-order valence-electron chi connectivity index (χ3n) is 6.17. The second-order valence-electron chi connectivity index (χ2n) is 8.52. The summed E-state index contributed by atoms with van der Waals surface area (Å²) < 4.78 is 0. The minimum absolute atomic E-state index is 0.0591. The zero-order valence-electron chi connectivity index (χ0n) is 18.6. The molecule has 2 fully saturated rings. The molecule has 0 unspecified atom stereocenters. The molecular weight excluding hydrogens is 422 g/mol. The fourth-order valence-electron chi connectivity index (χ4n) is 4.35. The van der Waals surface area contributed by atoms with E-state index in [2.05, 4.69) is 10.6 Å². The van der Waals surface area contributed by atoms with E-state index < -0.39 is 10.8 Å². The summed E-state index contributed by atoms with van der Waals surface area (Å²) in [5, 5.41) is 17.2. The SMILES string of the molecule is O=C(Nc1ccc(NC(=O)N2CCCCCC2)cc1)c1ccc(N2CCCC2)c([N+](=O)[O-])c1. The number of nitrogens with one attached hydrogen (secondary N) is 2. The van der Waals surface area contributed by atoms with E-state index in [4.69, 9.17) is 0 Å². The highest BCUT2D eigenvalue weighted by molar-refractivity contribution is 6.05. The molecule has 174 valence electrons. The van der Waals surface area contributed by atoms with E-state index in [1.54, 1.807) is 36.4 Å². The minimum Gasteiger partial charge on any atom is -0.366 e. The van der Waals surface area contributed by atoms with Crippen LogP contribution >= 0.6 is 0 Å². The Balaban J connectivity index is 1.39. The van der Waals surface area contributed by atoms with Gasteiger partial charge in [-0.1, -0.05) is 12.8 Å². The molecule has 9 nitrogen and oxygen atoms in total. The lowest BCUT2D eigenvalue weighted by Gasteiger charge is -2.20. The number of carbonyl (C=O) groups excluding carboxylic acids is 2. The maximum absolute atomic E-state index is 12.7. The van der Waals surface area contributed by atoms with Gasteiger partial charge >= 0.3 is 6.03 Å². The number of urea groups is 1. The molecule has 0 spiro atoms. The molecule has 0 atom stereocenters. The Bertz CT molecular complexity index is 1010. The lowest BCUT2D eigenvalue weighted by Crippen LogP contribution is -2.35. The Morgan fingerprint density at radius 3 is 1.97 bits per heavy atom. The highest BCUT2D eigenvalue weighted by atomic mass is 16.6. The van der Waals surface area contributed by atoms with Gasteiger partial charge < -0.3 is 20.4 Å². The van der Waals surface area contributed by atoms with Crippen LogP contribution in [-0.2, 0) is 0 Å². The van der Waals surface area contributed by atoms with E-state index in [0.29, 0.717) is 17.1 Å². The van der Waals surface area contributed by atoms with Crippen molar-refractivity contribution in [2.45, 2.75) is 38.5 Å². The van der Waals surface area contributed by atoms with Crippen molar-refractivity contribution in [3.8, 4) is 0 Å². The van der Waals surface area contributed by atoms with Gasteiger partial charge in [-0.3, -0.25) is 14.9 Å². The molecule has 2 N–H and O–H groups in total. The van der Waals surface area contributed by atoms with Gasteiger partial charge in [0, 0.05) is 49.2 Å². The van der Waals surface area contributed by atoms with E-state index in [9.17, 15) is 19.7 Å². The molecular formula is C24H29N5O4. The van der Waals surface area contributed by atoms with Gasteiger partial charge in [-0.25, -0.2) is 4.79 Å². The summed E-state index contributed by atoms with van der Waals surface area (Å²) in [5.41, 5.74) is 1.91. The molecule has 2 saturated heterocycles. The van der Waals surface area contributed by atoms with Gasteiger partial charge in [-0.15, -0.1) is 0 Å². The quantitative estimate of drug-likeness (QED) is 0.499. The number of carbonyl (C=O) groups is 2. The predicted octanol–water partition coefficient (Wildman–Crippen LogP) is 4.86. The summed E-state index contributed by atoms with van der Waals surface area (Å²) in [7, 11) is 0. The van der Waals surface area contributed by atoms with Gasteiger partial charge in [0.1, 0.15) is 5.69 Å². The lowest BCUT2D eigenvalue weighted by molar-refractivity contribution is -0.384. The van der Waals surface area contributed by atoms with E-state index in [0.717, 1.165) is 64.7 Å². The molecule has 0 radical (unpaired) electrons. The Hall–Kier alpha value is -3.62. The molecule has 0 aromatic heterocycles. The first-order chi connectivity index (χ1) is 16.0. The first kappa shape index (κ1) is 22.6. The Morgan fingerprint density at radius 1 is 0.788 bits per heavy atom. The first-order valence-corrected chi connectivity index (χ1v) is 11.5. The zero-order chi connectivity index (χ0) is 23.2. The van der Waals surface area contributed by atoms with Crippen molar-refractivity contribution in [1.82, 2.24) is 4.90 Å². The van der Waals surface area contributed by atoms with Crippen molar-refractivity contribution in [3.05, 3.63) is 58.1 Å². The largest absolute Gasteiger partial charge is 0.366 e. The summed E-state index contributed by atoms with van der Waals surface area (Å²) >= 11 is 0. The molecule has 9 heteroatoms. The van der Waals surface area contributed by atoms with Crippen LogP contribution in [0.15, 0.2) is 42.5 Å². The number of hydrogen-bond donors (Lipinski definition) is 2. The first-order valence-electron chi connectivity index (χ1n) is 11.5. The van der Waals surface area contributed by atoms with E-state index in [1.165, 1.54) is 6.07 Å². The van der Waals surface area contributed by atoms with Crippen LogP contribution in [0.25, 0.3) is 0 Å². The third kappa shape index (κ3) is 5.60. The Morgan fingerprint density at radius 2 is 1.36 bits per heavy atom. The molecule has 4 rings (SSSR count). The average molecular weight is 452 g/mol. The van der Waals surface area contributed by atoms with Crippen molar-refractivity contribution < 1.29 is 14.5 Å². The average Bonchev–Trinajstić information content (AvgIpc) is 3.21. The van der Waals surface area contributed by atoms with Crippen LogP contribution in [0, 0.1) is 10.1 Å². The molecule has 3 amide bonds. The molecule has 33 heavy (non-hydrogen) atoms. The number of rotatable bonds is 5. The maximum atomic E-state index is 12.7. The predicted molar refractivity (Wildman–Crippen MR) is 128 cm³/mol. The molecule has 2 aliphatic heterocycles. The fraction of sp³-hybridized carbons (Fsp3) is 0.417. The summed E-state index contributed by atoms with van der Waals surface area (Å²) in [5.74, 6) is -0.424. The molecule has 0 saturated carbocycles. The van der Waals surface area contributed by atoms with Gasteiger partial charge in [0.25, 0.3) is 11.6 Å². The normalized spacial score (nSPS) is 16.2. The number of benzene rings is 2. The standard InChI is InChI=1S/C24H29N5O4/c30-23(18-7-12-21(22(17-18)29(32)33)27-13-5-6-14-27)25-19-8-10-20(11-9-19)26-24(31)28-15-3-1-2-4-16-28/h7-12,17H,1-6,13-16H2,(H,25,30)(H,26,31). The summed E-state index contributed by atoms with van der Waals surface area (Å²) in [6, 6.07) is 11.3. The summed E-state index contributed by atoms with van der Waals surface area (Å²) in [4.78, 5) is 40.1. The number of likely N-dealkylation sites (tertiary alicyclic amines) is 1. The number of nitro benzene ring substituents is 1. The van der Waals surface area contributed by atoms with Crippen molar-refractivity contribution >= 4 is 34.7 Å². The molecule has 2 aromatic carbocycles. The second kappa shape index (κ2) is 10.3. The number of nitro groups is 1. The van der Waals surface area contributed by atoms with Crippen LogP contribution in [0.5, 0.6) is 0 Å². The Labute approximate surface area is 192 Å². The molecule has 2 heterocycles.